The Labute approximate surface area is 542 Å². The zero-order valence-electron chi connectivity index (χ0n) is 52.3. The van der Waals surface area contributed by atoms with E-state index in [2.05, 4.69) is 399 Å². The summed E-state index contributed by atoms with van der Waals surface area (Å²) in [6, 6.07) is 128. The van der Waals surface area contributed by atoms with Crippen molar-refractivity contribution in [1.29, 1.82) is 0 Å². The lowest BCUT2D eigenvalue weighted by Crippen LogP contribution is -2.10. The lowest BCUT2D eigenvalue weighted by Gasteiger charge is -2.26. The standard InChI is InChI=1S/C88H70N4/c1-63-15-43-79(44-16-63)91(80-45-17-64(2)18-46-80)87-59-39-75(40-60-87)73-35-55-85(56-36-73)89(77-11-7-5-8-12-77)83-51-31-71(32-52-83)69-27-23-67(24-28-69)68-25-29-70(30-26-68)72-33-53-84(54-34-72)90(78-13-9-6-10-14-78)86-57-37-74(38-58-86)76-41-61-88(62-42-76)92(81-47-19-65(3)20-48-81)82-49-21-66(4)22-50-82/h5-62H,1-4H3. The van der Waals surface area contributed by atoms with Crippen molar-refractivity contribution in [3.8, 4) is 55.6 Å². The molecular formula is C88H70N4. The number of hydrogen-bond acceptors (Lipinski definition) is 4. The molecule has 0 aliphatic heterocycles. The molecule has 0 aromatic heterocycles. The van der Waals surface area contributed by atoms with Crippen LogP contribution in [0.15, 0.2) is 352 Å². The van der Waals surface area contributed by atoms with Crippen molar-refractivity contribution in [2.75, 3.05) is 19.6 Å². The average Bonchev–Trinajstić information content (AvgIpc) is 1.59. The Morgan fingerprint density at radius 3 is 0.370 bits per heavy atom. The van der Waals surface area contributed by atoms with Crippen LogP contribution in [0.5, 0.6) is 0 Å². The molecule has 4 nitrogen and oxygen atoms in total. The molecule has 0 aliphatic carbocycles. The normalized spacial score (nSPS) is 11.0. The van der Waals surface area contributed by atoms with E-state index in [-0.39, 0.29) is 0 Å². The predicted molar refractivity (Wildman–Crippen MR) is 391 cm³/mol. The smallest absolute Gasteiger partial charge is 0.0462 e. The van der Waals surface area contributed by atoms with Crippen molar-refractivity contribution in [3.63, 3.8) is 0 Å². The minimum absolute atomic E-state index is 1.09. The van der Waals surface area contributed by atoms with Gasteiger partial charge in [-0.3, -0.25) is 0 Å². The number of anilines is 12. The topological polar surface area (TPSA) is 13.0 Å². The fraction of sp³-hybridized carbons (Fsp3) is 0.0455. The van der Waals surface area contributed by atoms with E-state index >= 15 is 0 Å². The predicted octanol–water partition coefficient (Wildman–Crippen LogP) is 25.1. The van der Waals surface area contributed by atoms with Crippen LogP contribution in [0.2, 0.25) is 0 Å². The minimum atomic E-state index is 1.09. The van der Waals surface area contributed by atoms with Crippen LogP contribution in [0.25, 0.3) is 55.6 Å². The molecule has 0 spiro atoms. The second-order valence-corrected chi connectivity index (χ2v) is 23.8. The van der Waals surface area contributed by atoms with Gasteiger partial charge in [0.25, 0.3) is 0 Å². The number of rotatable bonds is 17. The molecule has 0 aliphatic rings. The van der Waals surface area contributed by atoms with Crippen LogP contribution < -0.4 is 19.6 Å². The molecule has 14 aromatic rings. The summed E-state index contributed by atoms with van der Waals surface area (Å²) in [5.41, 5.74) is 30.0. The molecule has 0 heterocycles. The number of aryl methyl sites for hydroxylation is 4. The van der Waals surface area contributed by atoms with Gasteiger partial charge >= 0.3 is 0 Å². The van der Waals surface area contributed by atoms with Gasteiger partial charge < -0.3 is 19.6 Å². The van der Waals surface area contributed by atoms with Crippen LogP contribution in [-0.2, 0) is 0 Å². The van der Waals surface area contributed by atoms with Gasteiger partial charge in [0.2, 0.25) is 0 Å². The van der Waals surface area contributed by atoms with Gasteiger partial charge in [0, 0.05) is 68.2 Å². The first kappa shape index (κ1) is 58.0. The van der Waals surface area contributed by atoms with Gasteiger partial charge in [-0.25, -0.2) is 0 Å². The molecule has 0 amide bonds. The maximum atomic E-state index is 2.33. The van der Waals surface area contributed by atoms with E-state index in [9.17, 15) is 0 Å². The lowest BCUT2D eigenvalue weighted by atomic mass is 9.97. The molecule has 0 unspecified atom stereocenters. The van der Waals surface area contributed by atoms with Crippen molar-refractivity contribution in [2.45, 2.75) is 27.7 Å². The molecule has 0 atom stereocenters. The zero-order chi connectivity index (χ0) is 62.3. The van der Waals surface area contributed by atoms with Gasteiger partial charge in [-0.05, 0) is 229 Å². The van der Waals surface area contributed by atoms with Crippen LogP contribution in [0.3, 0.4) is 0 Å². The van der Waals surface area contributed by atoms with Crippen LogP contribution in [0.4, 0.5) is 68.2 Å². The number of benzene rings is 14. The van der Waals surface area contributed by atoms with Crippen LogP contribution in [0, 0.1) is 27.7 Å². The van der Waals surface area contributed by atoms with E-state index in [4.69, 9.17) is 0 Å². The Balaban J connectivity index is 0.644. The highest BCUT2D eigenvalue weighted by Gasteiger charge is 2.19. The molecule has 0 fully saturated rings. The molecule has 0 saturated heterocycles. The molecule has 14 rings (SSSR count). The van der Waals surface area contributed by atoms with Gasteiger partial charge in [-0.15, -0.1) is 0 Å². The summed E-state index contributed by atoms with van der Waals surface area (Å²) in [6.45, 7) is 8.52. The maximum Gasteiger partial charge on any atom is 0.0462 e. The van der Waals surface area contributed by atoms with E-state index in [0.29, 0.717) is 0 Å². The van der Waals surface area contributed by atoms with Gasteiger partial charge in [-0.1, -0.05) is 229 Å². The van der Waals surface area contributed by atoms with Crippen molar-refractivity contribution in [1.82, 2.24) is 0 Å². The summed E-state index contributed by atoms with van der Waals surface area (Å²) in [7, 11) is 0. The molecule has 92 heavy (non-hydrogen) atoms. The molecule has 0 saturated carbocycles. The van der Waals surface area contributed by atoms with Gasteiger partial charge in [-0.2, -0.15) is 0 Å². The van der Waals surface area contributed by atoms with E-state index in [1.54, 1.807) is 0 Å². The van der Waals surface area contributed by atoms with E-state index in [1.165, 1.54) is 66.8 Å². The second kappa shape index (κ2) is 26.2. The van der Waals surface area contributed by atoms with Gasteiger partial charge in [0.1, 0.15) is 0 Å². The largest absolute Gasteiger partial charge is 0.311 e. The molecule has 0 N–H and O–H groups in total. The Bertz CT molecular complexity index is 4310. The minimum Gasteiger partial charge on any atom is -0.311 e. The first-order chi connectivity index (χ1) is 45.2. The Kier molecular flexibility index (Phi) is 16.5. The van der Waals surface area contributed by atoms with Crippen LogP contribution >= 0.6 is 0 Å². The van der Waals surface area contributed by atoms with E-state index in [1.807, 2.05) is 0 Å². The molecular weight excluding hydrogens is 1110 g/mol. The summed E-state index contributed by atoms with van der Waals surface area (Å²) in [4.78, 5) is 9.29. The molecule has 14 aromatic carbocycles. The van der Waals surface area contributed by atoms with Crippen molar-refractivity contribution in [3.05, 3.63) is 374 Å². The highest BCUT2D eigenvalue weighted by Crippen LogP contribution is 2.42. The van der Waals surface area contributed by atoms with E-state index in [0.717, 1.165) is 79.4 Å². The van der Waals surface area contributed by atoms with Gasteiger partial charge in [0.15, 0.2) is 0 Å². The molecule has 4 heteroatoms. The highest BCUT2D eigenvalue weighted by atomic mass is 15.2. The first-order valence-electron chi connectivity index (χ1n) is 31.6. The monoisotopic (exact) mass is 1180 g/mol. The maximum absolute atomic E-state index is 2.33. The summed E-state index contributed by atoms with van der Waals surface area (Å²) < 4.78 is 0. The van der Waals surface area contributed by atoms with Crippen LogP contribution in [-0.4, -0.2) is 0 Å². The Morgan fingerprint density at radius 2 is 0.228 bits per heavy atom. The average molecular weight is 1180 g/mol. The fourth-order valence-corrected chi connectivity index (χ4v) is 12.2. The Morgan fingerprint density at radius 1 is 0.120 bits per heavy atom. The van der Waals surface area contributed by atoms with E-state index < -0.39 is 0 Å². The molecule has 0 bridgehead atoms. The van der Waals surface area contributed by atoms with Crippen LogP contribution in [0.1, 0.15) is 22.3 Å². The molecule has 442 valence electrons. The third kappa shape index (κ3) is 12.6. The van der Waals surface area contributed by atoms with Crippen molar-refractivity contribution < 1.29 is 0 Å². The summed E-state index contributed by atoms with van der Waals surface area (Å²) in [5.74, 6) is 0. The summed E-state index contributed by atoms with van der Waals surface area (Å²) in [6.07, 6.45) is 0. The van der Waals surface area contributed by atoms with Crippen molar-refractivity contribution >= 4 is 68.2 Å². The summed E-state index contributed by atoms with van der Waals surface area (Å²) >= 11 is 0. The third-order valence-corrected chi connectivity index (χ3v) is 17.4. The molecule has 0 radical (unpaired) electrons. The van der Waals surface area contributed by atoms with Gasteiger partial charge in [0.05, 0.1) is 0 Å². The van der Waals surface area contributed by atoms with Crippen molar-refractivity contribution in [2.24, 2.45) is 0 Å². The number of para-hydroxylation sites is 2. The highest BCUT2D eigenvalue weighted by molar-refractivity contribution is 5.85. The lowest BCUT2D eigenvalue weighted by molar-refractivity contribution is 1.27. The quantitative estimate of drug-likeness (QED) is 0.0901. The first-order valence-corrected chi connectivity index (χ1v) is 31.6. The zero-order valence-corrected chi connectivity index (χ0v) is 52.3. The summed E-state index contributed by atoms with van der Waals surface area (Å²) in [5, 5.41) is 0. The third-order valence-electron chi connectivity index (χ3n) is 17.4. The SMILES string of the molecule is Cc1ccc(N(c2ccc(C)cc2)c2ccc(-c3ccc(N(c4ccccc4)c4ccc(-c5ccc(-c6ccc(-c7ccc(N(c8ccccc8)c8ccc(-c9ccc(N(c%10ccc(C)cc%10)c%10ccc(C)cc%10)cc9)cc8)cc7)cc6)cc5)cc4)cc3)cc2)cc1. The number of nitrogens with zero attached hydrogens (tertiary/aromatic N) is 4. The number of hydrogen-bond donors (Lipinski definition) is 0. The second-order valence-electron chi connectivity index (χ2n) is 23.8. The fourth-order valence-electron chi connectivity index (χ4n) is 12.2. The Hall–Kier alpha value is -11.7.